The van der Waals surface area contributed by atoms with Gasteiger partial charge >= 0.3 is 5.97 Å². The van der Waals surface area contributed by atoms with Gasteiger partial charge in [-0.2, -0.15) is 0 Å². The molecule has 2 aromatic carbocycles. The maximum Gasteiger partial charge on any atom is 0.338 e. The van der Waals surface area contributed by atoms with Crippen molar-refractivity contribution < 1.29 is 23.7 Å². The second-order valence-electron chi connectivity index (χ2n) is 9.18. The highest BCUT2D eigenvalue weighted by atomic mass is 32.1. The Kier molecular flexibility index (Phi) is 8.36. The number of hydrogen-bond acceptors (Lipinski definition) is 8. The molecule has 0 unspecified atom stereocenters. The molecule has 1 aliphatic heterocycles. The van der Waals surface area contributed by atoms with E-state index < -0.39 is 12.0 Å². The monoisotopic (exact) mass is 536 g/mol. The number of aromatic nitrogens is 1. The highest BCUT2D eigenvalue weighted by Gasteiger charge is 2.35. The van der Waals surface area contributed by atoms with Gasteiger partial charge in [-0.1, -0.05) is 37.3 Å². The van der Waals surface area contributed by atoms with Gasteiger partial charge in [-0.05, 0) is 55.7 Å². The molecule has 9 heteroatoms. The van der Waals surface area contributed by atoms with Crippen molar-refractivity contribution in [2.45, 2.75) is 33.7 Å². The fraction of sp³-hybridized carbons (Fsp3) is 0.345. The van der Waals surface area contributed by atoms with Crippen LogP contribution in [0.4, 0.5) is 0 Å². The molecule has 1 atom stereocenters. The maximum absolute atomic E-state index is 13.8. The molecule has 0 bridgehead atoms. The van der Waals surface area contributed by atoms with Crippen molar-refractivity contribution in [2.75, 3.05) is 27.4 Å². The first-order valence-electron chi connectivity index (χ1n) is 12.4. The summed E-state index contributed by atoms with van der Waals surface area (Å²) in [6.07, 6.45) is 1.82. The topological polar surface area (TPSA) is 88.4 Å². The van der Waals surface area contributed by atoms with Crippen LogP contribution >= 0.6 is 11.3 Å². The van der Waals surface area contributed by atoms with Crippen LogP contribution in [0.15, 0.2) is 63.5 Å². The van der Waals surface area contributed by atoms with E-state index in [-0.39, 0.29) is 12.2 Å². The summed E-state index contributed by atoms with van der Waals surface area (Å²) in [5.74, 6) is 1.76. The van der Waals surface area contributed by atoms with Crippen molar-refractivity contribution in [1.82, 2.24) is 4.57 Å². The lowest BCUT2D eigenvalue weighted by atomic mass is 9.95. The fourth-order valence-corrected chi connectivity index (χ4v) is 5.25. The molecule has 0 fully saturated rings. The molecule has 0 amide bonds. The molecule has 1 aromatic heterocycles. The summed E-state index contributed by atoms with van der Waals surface area (Å²) in [5.41, 5.74) is 2.01. The van der Waals surface area contributed by atoms with Gasteiger partial charge in [0, 0.05) is 11.6 Å². The molecule has 200 valence electrons. The lowest BCUT2D eigenvalue weighted by molar-refractivity contribution is -0.139. The number of hydrogen-bond donors (Lipinski definition) is 0. The van der Waals surface area contributed by atoms with Gasteiger partial charge in [0.1, 0.15) is 23.3 Å². The molecule has 8 nitrogen and oxygen atoms in total. The molecule has 4 rings (SSSR count). The van der Waals surface area contributed by atoms with Crippen LogP contribution < -0.4 is 29.1 Å². The van der Waals surface area contributed by atoms with Crippen molar-refractivity contribution in [1.29, 1.82) is 0 Å². The highest BCUT2D eigenvalue weighted by molar-refractivity contribution is 7.07. The second kappa shape index (κ2) is 11.7. The maximum atomic E-state index is 13.8. The first kappa shape index (κ1) is 27.2. The van der Waals surface area contributed by atoms with Gasteiger partial charge in [-0.15, -0.1) is 0 Å². The fourth-order valence-electron chi connectivity index (χ4n) is 4.20. The molecule has 2 heterocycles. The Morgan fingerprint density at radius 2 is 1.82 bits per heavy atom. The molecule has 0 saturated carbocycles. The number of allylic oxidation sites excluding steroid dienone is 1. The van der Waals surface area contributed by atoms with Crippen LogP contribution in [0.2, 0.25) is 0 Å². The van der Waals surface area contributed by atoms with Crippen LogP contribution in [-0.2, 0) is 9.53 Å². The van der Waals surface area contributed by atoms with E-state index in [4.69, 9.17) is 18.9 Å². The number of carbonyl (C=O) groups is 1. The third-order valence-corrected chi connectivity index (χ3v) is 7.00. The summed E-state index contributed by atoms with van der Waals surface area (Å²) >= 11 is 1.27. The largest absolute Gasteiger partial charge is 0.497 e. The minimum atomic E-state index is -0.778. The smallest absolute Gasteiger partial charge is 0.338 e. The number of esters is 1. The molecule has 1 aliphatic rings. The molecule has 0 N–H and O–H groups in total. The lowest BCUT2D eigenvalue weighted by Gasteiger charge is -2.26. The molecule has 0 saturated heterocycles. The van der Waals surface area contributed by atoms with E-state index in [1.54, 1.807) is 43.7 Å². The summed E-state index contributed by atoms with van der Waals surface area (Å²) < 4.78 is 24.2. The van der Waals surface area contributed by atoms with Crippen LogP contribution in [0.1, 0.15) is 44.9 Å². The Labute approximate surface area is 225 Å². The summed E-state index contributed by atoms with van der Waals surface area (Å²) in [6, 6.07) is 12.1. The predicted molar refractivity (Wildman–Crippen MR) is 147 cm³/mol. The van der Waals surface area contributed by atoms with Gasteiger partial charge in [-0.3, -0.25) is 9.36 Å². The Morgan fingerprint density at radius 1 is 1.11 bits per heavy atom. The first-order valence-corrected chi connectivity index (χ1v) is 13.2. The third kappa shape index (κ3) is 5.52. The van der Waals surface area contributed by atoms with Gasteiger partial charge in [0.25, 0.3) is 5.56 Å². The number of thiazole rings is 1. The Hall–Kier alpha value is -3.85. The molecule has 0 spiro atoms. The summed E-state index contributed by atoms with van der Waals surface area (Å²) in [4.78, 5) is 32.1. The molecule has 0 aliphatic carbocycles. The number of rotatable bonds is 9. The zero-order chi connectivity index (χ0) is 27.4. The van der Waals surface area contributed by atoms with Crippen molar-refractivity contribution in [3.8, 4) is 17.2 Å². The minimum Gasteiger partial charge on any atom is -0.497 e. The number of methoxy groups -OCH3 is 2. The number of ether oxygens (including phenoxy) is 4. The SMILES string of the molecule is CCOC(=O)C1=C(C)N=c2s/c(=C/c3ccc(OCC(C)C)cc3)c(=O)n2[C@H]1c1ccc(OC)cc1OC. The van der Waals surface area contributed by atoms with E-state index in [1.165, 1.54) is 18.4 Å². The zero-order valence-corrected chi connectivity index (χ0v) is 23.3. The molecule has 0 radical (unpaired) electrons. The zero-order valence-electron chi connectivity index (χ0n) is 22.4. The molecular formula is C29H32N2O6S. The van der Waals surface area contributed by atoms with E-state index in [9.17, 15) is 9.59 Å². The second-order valence-corrected chi connectivity index (χ2v) is 10.2. The van der Waals surface area contributed by atoms with Crippen LogP contribution in [0.25, 0.3) is 6.08 Å². The lowest BCUT2D eigenvalue weighted by Crippen LogP contribution is -2.40. The van der Waals surface area contributed by atoms with Gasteiger partial charge in [0.15, 0.2) is 4.80 Å². The molecule has 38 heavy (non-hydrogen) atoms. The Morgan fingerprint density at radius 3 is 2.45 bits per heavy atom. The summed E-state index contributed by atoms with van der Waals surface area (Å²) in [6.45, 7) is 8.52. The first-order chi connectivity index (χ1) is 18.3. The van der Waals surface area contributed by atoms with Gasteiger partial charge < -0.3 is 18.9 Å². The molecular weight excluding hydrogens is 504 g/mol. The van der Waals surface area contributed by atoms with Crippen LogP contribution in [-0.4, -0.2) is 38.0 Å². The van der Waals surface area contributed by atoms with Crippen molar-refractivity contribution in [3.05, 3.63) is 84.5 Å². The predicted octanol–water partition coefficient (Wildman–Crippen LogP) is 3.85. The summed E-state index contributed by atoms with van der Waals surface area (Å²) in [7, 11) is 3.10. The Balaban J connectivity index is 1.86. The number of benzene rings is 2. The van der Waals surface area contributed by atoms with Crippen molar-refractivity contribution in [2.24, 2.45) is 10.9 Å². The Bertz CT molecular complexity index is 1530. The van der Waals surface area contributed by atoms with Crippen molar-refractivity contribution >= 4 is 23.4 Å². The van der Waals surface area contributed by atoms with E-state index >= 15 is 0 Å². The van der Waals surface area contributed by atoms with Gasteiger partial charge in [0.05, 0.1) is 43.2 Å². The third-order valence-electron chi connectivity index (χ3n) is 6.01. The summed E-state index contributed by atoms with van der Waals surface area (Å²) in [5, 5.41) is 0. The van der Waals surface area contributed by atoms with Crippen LogP contribution in [0, 0.1) is 5.92 Å². The number of fused-ring (bicyclic) bond motifs is 1. The normalized spacial score (nSPS) is 15.2. The van der Waals surface area contributed by atoms with E-state index in [0.717, 1.165) is 11.3 Å². The van der Waals surface area contributed by atoms with Crippen LogP contribution in [0.5, 0.6) is 17.2 Å². The van der Waals surface area contributed by atoms with E-state index in [0.29, 0.717) is 50.2 Å². The van der Waals surface area contributed by atoms with Crippen molar-refractivity contribution in [3.63, 3.8) is 0 Å². The number of nitrogens with zero attached hydrogens (tertiary/aromatic N) is 2. The minimum absolute atomic E-state index is 0.198. The number of carbonyl (C=O) groups excluding carboxylic acids is 1. The average Bonchev–Trinajstić information content (AvgIpc) is 3.21. The van der Waals surface area contributed by atoms with Gasteiger partial charge in [0.2, 0.25) is 0 Å². The standard InChI is InChI=1S/C29H32N2O6S/c1-7-36-28(33)25-18(4)30-29-31(26(25)22-13-12-21(34-5)15-23(22)35-6)27(32)24(38-29)14-19-8-10-20(11-9-19)37-16-17(2)3/h8-15,17,26H,7,16H2,1-6H3/b24-14+/t26-/m0/s1. The van der Waals surface area contributed by atoms with Crippen LogP contribution in [0.3, 0.4) is 0 Å². The van der Waals surface area contributed by atoms with E-state index in [2.05, 4.69) is 18.8 Å². The van der Waals surface area contributed by atoms with E-state index in [1.807, 2.05) is 30.3 Å². The highest BCUT2D eigenvalue weighted by Crippen LogP contribution is 2.37. The van der Waals surface area contributed by atoms with Gasteiger partial charge in [-0.25, -0.2) is 9.79 Å². The quantitative estimate of drug-likeness (QED) is 0.386. The molecule has 3 aromatic rings. The average molecular weight is 537 g/mol.